The molecule has 4 heteroatoms. The van der Waals surface area contributed by atoms with Gasteiger partial charge in [0.1, 0.15) is 0 Å². The van der Waals surface area contributed by atoms with Crippen LogP contribution in [-0.4, -0.2) is 67.9 Å². The maximum atomic E-state index is 11.7. The van der Waals surface area contributed by atoms with Crippen LogP contribution in [0.5, 0.6) is 0 Å². The molecule has 2 saturated heterocycles. The third-order valence-electron chi connectivity index (χ3n) is 3.19. The van der Waals surface area contributed by atoms with Crippen LogP contribution in [-0.2, 0) is 4.79 Å². The van der Waals surface area contributed by atoms with Gasteiger partial charge in [-0.15, -0.1) is 0 Å². The summed E-state index contributed by atoms with van der Waals surface area (Å²) in [5.41, 5.74) is 0. The van der Waals surface area contributed by atoms with E-state index in [0.29, 0.717) is 12.3 Å². The molecule has 2 aliphatic rings. The fourth-order valence-electron chi connectivity index (χ4n) is 1.90. The van der Waals surface area contributed by atoms with Gasteiger partial charge in [0.25, 0.3) is 0 Å². The van der Waals surface area contributed by atoms with Crippen LogP contribution in [0.4, 0.5) is 0 Å². The molecule has 0 spiro atoms. The molecular formula is C10H19N3O. The molecule has 1 unspecified atom stereocenters. The van der Waals surface area contributed by atoms with Crippen LogP contribution in [0, 0.1) is 0 Å². The predicted octanol–water partition coefficient (Wildman–Crippen LogP) is -0.835. The molecule has 1 N–H and O–H groups in total. The van der Waals surface area contributed by atoms with E-state index in [-0.39, 0.29) is 6.04 Å². The Labute approximate surface area is 85.2 Å². The zero-order valence-electron chi connectivity index (χ0n) is 8.83. The zero-order chi connectivity index (χ0) is 9.97. The SMILES string of the molecule is CN1CCN(CC(=O)C2CCN2)CC1. The van der Waals surface area contributed by atoms with E-state index in [4.69, 9.17) is 0 Å². The first kappa shape index (κ1) is 10.1. The molecular weight excluding hydrogens is 178 g/mol. The number of hydrogen-bond acceptors (Lipinski definition) is 4. The molecule has 2 fully saturated rings. The molecule has 0 saturated carbocycles. The molecule has 0 aromatic carbocycles. The number of carbonyl (C=O) groups excluding carboxylic acids is 1. The van der Waals surface area contributed by atoms with Crippen molar-refractivity contribution < 1.29 is 4.79 Å². The van der Waals surface area contributed by atoms with E-state index in [1.54, 1.807) is 0 Å². The van der Waals surface area contributed by atoms with Crippen molar-refractivity contribution >= 4 is 5.78 Å². The molecule has 2 rings (SSSR count). The third-order valence-corrected chi connectivity index (χ3v) is 3.19. The number of nitrogens with one attached hydrogen (secondary N) is 1. The van der Waals surface area contributed by atoms with Gasteiger partial charge in [0.2, 0.25) is 0 Å². The number of Topliss-reactive ketones (excluding diaryl/α,β-unsaturated/α-hetero) is 1. The number of carbonyl (C=O) groups is 1. The summed E-state index contributed by atoms with van der Waals surface area (Å²) in [6, 6.07) is 0.162. The minimum Gasteiger partial charge on any atom is -0.307 e. The molecule has 4 nitrogen and oxygen atoms in total. The Hall–Kier alpha value is -0.450. The van der Waals surface area contributed by atoms with Crippen molar-refractivity contribution in [2.45, 2.75) is 12.5 Å². The maximum Gasteiger partial charge on any atom is 0.163 e. The van der Waals surface area contributed by atoms with Gasteiger partial charge >= 0.3 is 0 Å². The van der Waals surface area contributed by atoms with Gasteiger partial charge in [-0.2, -0.15) is 0 Å². The lowest BCUT2D eigenvalue weighted by molar-refractivity contribution is -0.124. The average Bonchev–Trinajstić information content (AvgIpc) is 2.06. The van der Waals surface area contributed by atoms with E-state index >= 15 is 0 Å². The van der Waals surface area contributed by atoms with Gasteiger partial charge in [-0.25, -0.2) is 0 Å². The molecule has 80 valence electrons. The average molecular weight is 197 g/mol. The van der Waals surface area contributed by atoms with Gasteiger partial charge in [0, 0.05) is 26.2 Å². The van der Waals surface area contributed by atoms with Gasteiger partial charge in [-0.05, 0) is 20.0 Å². The topological polar surface area (TPSA) is 35.6 Å². The number of piperazine rings is 1. The first-order valence-corrected chi connectivity index (χ1v) is 5.43. The van der Waals surface area contributed by atoms with Crippen LogP contribution in [0.15, 0.2) is 0 Å². The second kappa shape index (κ2) is 4.38. The standard InChI is InChI=1S/C10H19N3O/c1-12-4-6-13(7-5-12)8-10(14)9-2-3-11-9/h9,11H,2-8H2,1H3. The normalized spacial score (nSPS) is 29.9. The molecule has 0 aliphatic carbocycles. The van der Waals surface area contributed by atoms with Gasteiger partial charge < -0.3 is 10.2 Å². The van der Waals surface area contributed by atoms with Crippen LogP contribution in [0.3, 0.4) is 0 Å². The number of likely N-dealkylation sites (N-methyl/N-ethyl adjacent to an activating group) is 1. The highest BCUT2D eigenvalue weighted by Crippen LogP contribution is 2.06. The van der Waals surface area contributed by atoms with Crippen LogP contribution in [0.25, 0.3) is 0 Å². The molecule has 0 radical (unpaired) electrons. The van der Waals surface area contributed by atoms with Gasteiger partial charge in [-0.1, -0.05) is 0 Å². The Bertz CT molecular complexity index is 207. The monoisotopic (exact) mass is 197 g/mol. The lowest BCUT2D eigenvalue weighted by Gasteiger charge is -2.34. The summed E-state index contributed by atoms with van der Waals surface area (Å²) in [5, 5.41) is 3.16. The summed E-state index contributed by atoms with van der Waals surface area (Å²) >= 11 is 0. The smallest absolute Gasteiger partial charge is 0.163 e. The molecule has 2 aliphatic heterocycles. The summed E-state index contributed by atoms with van der Waals surface area (Å²) in [4.78, 5) is 16.2. The highest BCUT2D eigenvalue weighted by Gasteiger charge is 2.26. The fraction of sp³-hybridized carbons (Fsp3) is 0.900. The van der Waals surface area contributed by atoms with E-state index in [1.165, 1.54) is 0 Å². The lowest BCUT2D eigenvalue weighted by atomic mass is 10.0. The third kappa shape index (κ3) is 2.32. The quantitative estimate of drug-likeness (QED) is 0.640. The summed E-state index contributed by atoms with van der Waals surface area (Å²) in [5.74, 6) is 0.376. The van der Waals surface area contributed by atoms with E-state index in [9.17, 15) is 4.79 Å². The number of ketones is 1. The minimum atomic E-state index is 0.162. The fourth-order valence-corrected chi connectivity index (χ4v) is 1.90. The van der Waals surface area contributed by atoms with Crippen molar-refractivity contribution in [3.8, 4) is 0 Å². The summed E-state index contributed by atoms with van der Waals surface area (Å²) in [6.07, 6.45) is 1.03. The molecule has 0 aromatic heterocycles. The van der Waals surface area contributed by atoms with Crippen molar-refractivity contribution in [2.75, 3.05) is 46.3 Å². The Morgan fingerprint density at radius 2 is 2.00 bits per heavy atom. The Morgan fingerprint density at radius 3 is 2.50 bits per heavy atom. The number of hydrogen-bond donors (Lipinski definition) is 1. The molecule has 0 aromatic rings. The zero-order valence-corrected chi connectivity index (χ0v) is 8.83. The summed E-state index contributed by atoms with van der Waals surface area (Å²) in [6.45, 7) is 5.91. The molecule has 0 bridgehead atoms. The Balaban J connectivity index is 1.71. The first-order chi connectivity index (χ1) is 6.75. The second-order valence-electron chi connectivity index (χ2n) is 4.34. The van der Waals surface area contributed by atoms with Crippen molar-refractivity contribution in [1.29, 1.82) is 0 Å². The van der Waals surface area contributed by atoms with Gasteiger partial charge in [0.05, 0.1) is 12.6 Å². The molecule has 2 heterocycles. The van der Waals surface area contributed by atoms with Crippen LogP contribution in [0.2, 0.25) is 0 Å². The number of nitrogens with zero attached hydrogens (tertiary/aromatic N) is 2. The van der Waals surface area contributed by atoms with E-state index < -0.39 is 0 Å². The van der Waals surface area contributed by atoms with E-state index in [0.717, 1.165) is 39.1 Å². The number of rotatable bonds is 3. The van der Waals surface area contributed by atoms with Crippen molar-refractivity contribution in [3.63, 3.8) is 0 Å². The highest BCUT2D eigenvalue weighted by atomic mass is 16.1. The van der Waals surface area contributed by atoms with Gasteiger partial charge in [0.15, 0.2) is 5.78 Å². The van der Waals surface area contributed by atoms with Crippen molar-refractivity contribution in [1.82, 2.24) is 15.1 Å². The summed E-state index contributed by atoms with van der Waals surface area (Å²) in [7, 11) is 2.13. The Morgan fingerprint density at radius 1 is 1.36 bits per heavy atom. The Kier molecular flexibility index (Phi) is 3.15. The molecule has 0 amide bonds. The molecule has 1 atom stereocenters. The predicted molar refractivity (Wildman–Crippen MR) is 55.4 cm³/mol. The minimum absolute atomic E-state index is 0.162. The largest absolute Gasteiger partial charge is 0.307 e. The van der Waals surface area contributed by atoms with E-state index in [1.807, 2.05) is 0 Å². The van der Waals surface area contributed by atoms with Crippen LogP contribution in [0.1, 0.15) is 6.42 Å². The van der Waals surface area contributed by atoms with Crippen molar-refractivity contribution in [3.05, 3.63) is 0 Å². The van der Waals surface area contributed by atoms with Crippen LogP contribution < -0.4 is 5.32 Å². The maximum absolute atomic E-state index is 11.7. The first-order valence-electron chi connectivity index (χ1n) is 5.43. The second-order valence-corrected chi connectivity index (χ2v) is 4.34. The lowest BCUT2D eigenvalue weighted by Crippen LogP contribution is -2.54. The summed E-state index contributed by atoms with van der Waals surface area (Å²) < 4.78 is 0. The van der Waals surface area contributed by atoms with Gasteiger partial charge in [-0.3, -0.25) is 9.69 Å². The van der Waals surface area contributed by atoms with E-state index in [2.05, 4.69) is 22.2 Å². The van der Waals surface area contributed by atoms with Crippen LogP contribution >= 0.6 is 0 Å². The highest BCUT2D eigenvalue weighted by molar-refractivity contribution is 5.86. The molecule has 14 heavy (non-hydrogen) atoms. The van der Waals surface area contributed by atoms with Crippen molar-refractivity contribution in [2.24, 2.45) is 0 Å².